The van der Waals surface area contributed by atoms with Gasteiger partial charge in [0.25, 0.3) is 0 Å². The number of hydrogen-bond acceptors (Lipinski definition) is 2. The first kappa shape index (κ1) is 23.0. The first-order chi connectivity index (χ1) is 11.8. The molecule has 0 spiro atoms. The number of aryl methyl sites for hydroxylation is 2. The van der Waals surface area contributed by atoms with E-state index in [0.29, 0.717) is 5.92 Å². The van der Waals surface area contributed by atoms with Crippen LogP contribution >= 0.6 is 8.58 Å². The molecule has 0 radical (unpaired) electrons. The van der Waals surface area contributed by atoms with Crippen molar-refractivity contribution in [3.05, 3.63) is 58.1 Å². The van der Waals surface area contributed by atoms with Crippen molar-refractivity contribution in [3.8, 4) is 5.75 Å². The Bertz CT molecular complexity index is 752. The monoisotopic (exact) mass is 364 g/mol. The molecule has 2 rings (SSSR count). The van der Waals surface area contributed by atoms with Gasteiger partial charge in [0.05, 0.1) is 6.61 Å². The molecule has 0 aliphatic carbocycles. The predicted octanol–water partition coefficient (Wildman–Crippen LogP) is 4.84. The third-order valence-corrected chi connectivity index (χ3v) is 5.76. The summed E-state index contributed by atoms with van der Waals surface area (Å²) in [6.45, 7) is 13.4. The Morgan fingerprint density at radius 2 is 1.62 bits per heavy atom. The average molecular weight is 364 g/mol. The molecule has 2 nitrogen and oxygen atoms in total. The van der Waals surface area contributed by atoms with Crippen LogP contribution in [-0.4, -0.2) is 31.0 Å². The molecule has 0 aliphatic rings. The number of hydrogen-bond donors (Lipinski definition) is 0. The van der Waals surface area contributed by atoms with Crippen molar-refractivity contribution in [1.82, 2.24) is 0 Å². The zero-order valence-electron chi connectivity index (χ0n) is 16.2. The molecule has 1 atom stereocenters. The van der Waals surface area contributed by atoms with Gasteiger partial charge in [0.1, 0.15) is 5.75 Å². The molecule has 0 N–H and O–H groups in total. The van der Waals surface area contributed by atoms with Crippen molar-refractivity contribution in [3.63, 3.8) is 0 Å². The molecule has 0 bridgehead atoms. The molecule has 2 aromatic rings. The van der Waals surface area contributed by atoms with Gasteiger partial charge in [0.2, 0.25) is 0 Å². The van der Waals surface area contributed by atoms with E-state index < -0.39 is 0 Å². The molecule has 1 unspecified atom stereocenters. The van der Waals surface area contributed by atoms with Crippen molar-refractivity contribution in [1.29, 1.82) is 0 Å². The van der Waals surface area contributed by atoms with Crippen LogP contribution < -0.4 is 10.0 Å². The zero-order chi connectivity index (χ0) is 18.6. The number of carbonyl (C=O) groups excluding carboxylic acids is 1. The fourth-order valence-corrected chi connectivity index (χ4v) is 3.98. The zero-order valence-corrected chi connectivity index (χ0v) is 17.2. The SMILES string of the molecule is Cc1cc(C)c(C(=O)Pc2ccc(OCCC(C)C)cc2)c(C)c1C.[LiH]. The average Bonchev–Trinajstić information content (AvgIpc) is 2.54. The maximum absolute atomic E-state index is 12.8. The summed E-state index contributed by atoms with van der Waals surface area (Å²) < 4.78 is 5.75. The van der Waals surface area contributed by atoms with E-state index in [1.54, 1.807) is 0 Å². The Balaban J connectivity index is 0.00000338. The fraction of sp³-hybridized carbons (Fsp3) is 0.409. The Kier molecular flexibility index (Phi) is 9.12. The van der Waals surface area contributed by atoms with E-state index >= 15 is 0 Å². The van der Waals surface area contributed by atoms with Gasteiger partial charge in [-0.3, -0.25) is 4.79 Å². The minimum absolute atomic E-state index is 0. The number of carbonyl (C=O) groups is 1. The Morgan fingerprint density at radius 3 is 2.19 bits per heavy atom. The molecule has 0 fully saturated rings. The second-order valence-electron chi connectivity index (χ2n) is 7.14. The third kappa shape index (κ3) is 5.99. The second kappa shape index (κ2) is 10.3. The van der Waals surface area contributed by atoms with E-state index in [9.17, 15) is 4.79 Å². The number of benzene rings is 2. The second-order valence-corrected chi connectivity index (χ2v) is 8.43. The first-order valence-corrected chi connectivity index (χ1v) is 9.91. The molecule has 0 saturated carbocycles. The summed E-state index contributed by atoms with van der Waals surface area (Å²) in [6.07, 6.45) is 1.05. The Hall–Kier alpha value is -1.06. The maximum atomic E-state index is 12.8. The van der Waals surface area contributed by atoms with Crippen LogP contribution in [0.1, 0.15) is 52.9 Å². The number of ether oxygens (including phenoxy) is 1. The van der Waals surface area contributed by atoms with Crippen LogP contribution in [0.3, 0.4) is 0 Å². The van der Waals surface area contributed by atoms with Gasteiger partial charge in [-0.1, -0.05) is 32.0 Å². The van der Waals surface area contributed by atoms with Crippen LogP contribution in [-0.2, 0) is 0 Å². The molecule has 136 valence electrons. The summed E-state index contributed by atoms with van der Waals surface area (Å²) in [5, 5.41) is 1.05. The van der Waals surface area contributed by atoms with Crippen LogP contribution in [0, 0.1) is 33.6 Å². The van der Waals surface area contributed by atoms with E-state index in [0.717, 1.165) is 40.8 Å². The van der Waals surface area contributed by atoms with Gasteiger partial charge >= 0.3 is 18.9 Å². The standard InChI is InChI=1S/C22H29O2P.Li.H/c1-14(2)11-12-24-19-7-9-20(10-8-19)25-22(23)21-16(4)13-15(3)17(5)18(21)6;;/h7-10,13-14,25H,11-12H2,1-6H3;;. The topological polar surface area (TPSA) is 26.3 Å². The van der Waals surface area contributed by atoms with Gasteiger partial charge in [-0.25, -0.2) is 0 Å². The molecule has 26 heavy (non-hydrogen) atoms. The Morgan fingerprint density at radius 1 is 1.00 bits per heavy atom. The molecular formula is C22H30LiO2P. The van der Waals surface area contributed by atoms with Crippen LogP contribution in [0.4, 0.5) is 0 Å². The molecule has 0 aliphatic heterocycles. The Labute approximate surface area is 172 Å². The molecule has 0 amide bonds. The van der Waals surface area contributed by atoms with E-state index in [-0.39, 0.29) is 33.0 Å². The molecular weight excluding hydrogens is 334 g/mol. The van der Waals surface area contributed by atoms with Gasteiger partial charge in [0.15, 0.2) is 5.52 Å². The van der Waals surface area contributed by atoms with E-state index in [1.165, 1.54) is 11.1 Å². The molecule has 2 aromatic carbocycles. The van der Waals surface area contributed by atoms with Crippen LogP contribution in [0.15, 0.2) is 30.3 Å². The van der Waals surface area contributed by atoms with Crippen LogP contribution in [0.25, 0.3) is 0 Å². The fourth-order valence-electron chi connectivity index (χ4n) is 2.87. The molecule has 0 heterocycles. The summed E-state index contributed by atoms with van der Waals surface area (Å²) in [4.78, 5) is 12.8. The molecule has 4 heteroatoms. The first-order valence-electron chi connectivity index (χ1n) is 8.91. The summed E-state index contributed by atoms with van der Waals surface area (Å²) in [5.41, 5.74) is 5.76. The van der Waals surface area contributed by atoms with Gasteiger partial charge in [-0.2, -0.15) is 0 Å². The molecule has 0 saturated heterocycles. The van der Waals surface area contributed by atoms with Crippen molar-refractivity contribution in [2.75, 3.05) is 6.61 Å². The van der Waals surface area contributed by atoms with Crippen LogP contribution in [0.2, 0.25) is 0 Å². The van der Waals surface area contributed by atoms with Crippen molar-refractivity contribution in [2.45, 2.75) is 48.0 Å². The normalized spacial score (nSPS) is 11.0. The summed E-state index contributed by atoms with van der Waals surface area (Å²) >= 11 is 0. The number of rotatable bonds is 7. The van der Waals surface area contributed by atoms with E-state index in [2.05, 4.69) is 40.7 Å². The van der Waals surface area contributed by atoms with Gasteiger partial charge in [-0.05, 0) is 88.3 Å². The van der Waals surface area contributed by atoms with E-state index in [4.69, 9.17) is 4.74 Å². The van der Waals surface area contributed by atoms with Crippen molar-refractivity contribution < 1.29 is 9.53 Å². The van der Waals surface area contributed by atoms with Gasteiger partial charge < -0.3 is 4.74 Å². The third-order valence-electron chi connectivity index (χ3n) is 4.66. The summed E-state index contributed by atoms with van der Waals surface area (Å²) in [5.74, 6) is 1.52. The van der Waals surface area contributed by atoms with E-state index in [1.807, 2.05) is 31.2 Å². The van der Waals surface area contributed by atoms with Crippen LogP contribution in [0.5, 0.6) is 5.75 Å². The van der Waals surface area contributed by atoms with Gasteiger partial charge in [0, 0.05) is 5.56 Å². The summed E-state index contributed by atoms with van der Waals surface area (Å²) in [7, 11) is 0.142. The molecule has 0 aromatic heterocycles. The minimum atomic E-state index is 0. The van der Waals surface area contributed by atoms with Gasteiger partial charge in [-0.15, -0.1) is 0 Å². The summed E-state index contributed by atoms with van der Waals surface area (Å²) in [6, 6.07) is 10.1. The quantitative estimate of drug-likeness (QED) is 0.519. The van der Waals surface area contributed by atoms with Crippen molar-refractivity contribution >= 4 is 38.3 Å². The predicted molar refractivity (Wildman–Crippen MR) is 116 cm³/mol. The van der Waals surface area contributed by atoms with Crippen molar-refractivity contribution in [2.24, 2.45) is 5.92 Å².